The second-order valence-corrected chi connectivity index (χ2v) is 14.2. The normalized spacial score (nSPS) is 14.4. The van der Waals surface area contributed by atoms with Gasteiger partial charge in [-0.2, -0.15) is 8.42 Å². The molecule has 4 atom stereocenters. The largest absolute Gasteiger partial charge is 0.286 e. The van der Waals surface area contributed by atoms with Crippen LogP contribution in [0.1, 0.15) is 111 Å². The first-order valence-electron chi connectivity index (χ1n) is 16.8. The van der Waals surface area contributed by atoms with Crippen molar-refractivity contribution in [3.63, 3.8) is 0 Å². The zero-order valence-corrected chi connectivity index (χ0v) is 28.3. The summed E-state index contributed by atoms with van der Waals surface area (Å²) in [4.78, 5) is 4.33. The van der Waals surface area contributed by atoms with Crippen molar-refractivity contribution >= 4 is 10.1 Å². The smallest absolute Gasteiger partial charge is 0.265 e. The van der Waals surface area contributed by atoms with Crippen molar-refractivity contribution in [1.82, 2.24) is 4.98 Å². The zero-order chi connectivity index (χ0) is 32.8. The van der Waals surface area contributed by atoms with Crippen molar-refractivity contribution in [3.05, 3.63) is 133 Å². The lowest BCUT2D eigenvalue weighted by molar-refractivity contribution is -0.697. The number of pyridine rings is 3. The Morgan fingerprint density at radius 2 is 1.22 bits per heavy atom. The van der Waals surface area contributed by atoms with Gasteiger partial charge in [-0.3, -0.25) is 9.54 Å². The highest BCUT2D eigenvalue weighted by Crippen LogP contribution is 2.41. The molecule has 0 amide bonds. The van der Waals surface area contributed by atoms with Gasteiger partial charge in [0.15, 0.2) is 24.8 Å². The van der Waals surface area contributed by atoms with Crippen LogP contribution in [0.2, 0.25) is 0 Å². The minimum atomic E-state index is -3.95. The highest BCUT2D eigenvalue weighted by atomic mass is 32.2. The summed E-state index contributed by atoms with van der Waals surface area (Å²) in [5.41, 5.74) is 5.38. The summed E-state index contributed by atoms with van der Waals surface area (Å²) in [6, 6.07) is 24.2. The van der Waals surface area contributed by atoms with Crippen molar-refractivity contribution in [3.8, 4) is 0 Å². The Morgan fingerprint density at radius 1 is 0.696 bits per heavy atom. The molecule has 0 aliphatic carbocycles. The molecule has 46 heavy (non-hydrogen) atoms. The van der Waals surface area contributed by atoms with E-state index in [0.29, 0.717) is 36.6 Å². The van der Waals surface area contributed by atoms with E-state index in [1.807, 2.05) is 29.4 Å². The molecule has 0 bridgehead atoms. The number of nitrogens with zero attached hydrogens (tertiary/aromatic N) is 3. The lowest BCUT2D eigenvalue weighted by Gasteiger charge is -2.29. The van der Waals surface area contributed by atoms with Crippen molar-refractivity contribution < 1.29 is 22.1 Å². The first kappa shape index (κ1) is 35.4. The predicted molar refractivity (Wildman–Crippen MR) is 184 cm³/mol. The molecule has 1 aromatic carbocycles. The Labute approximate surface area is 277 Å². The van der Waals surface area contributed by atoms with Gasteiger partial charge in [-0.05, 0) is 104 Å². The second kappa shape index (κ2) is 18.1. The molecule has 6 nitrogen and oxygen atoms in total. The molecule has 0 aliphatic heterocycles. The molecule has 1 N–H and O–H groups in total. The van der Waals surface area contributed by atoms with Gasteiger partial charge in [0.05, 0.1) is 5.75 Å². The van der Waals surface area contributed by atoms with Crippen molar-refractivity contribution in [2.45, 2.75) is 102 Å². The van der Waals surface area contributed by atoms with Gasteiger partial charge < -0.3 is 0 Å². The first-order chi connectivity index (χ1) is 22.3. The fraction of sp³-hybridized carbons (Fsp3) is 0.436. The van der Waals surface area contributed by atoms with Crippen LogP contribution in [-0.2, 0) is 23.2 Å². The number of hydrogen-bond donors (Lipinski definition) is 1. The fourth-order valence-corrected chi connectivity index (χ4v) is 7.08. The summed E-state index contributed by atoms with van der Waals surface area (Å²) in [7, 11) is -3.95. The highest BCUT2D eigenvalue weighted by Gasteiger charge is 2.26. The molecule has 0 spiro atoms. The highest BCUT2D eigenvalue weighted by molar-refractivity contribution is 7.85. The summed E-state index contributed by atoms with van der Waals surface area (Å²) >= 11 is 0. The standard InChI is InChI=1S/C39H50N3O3S/c1-4-6-10-22-41-26-18-37(19-27-41)39(30-33(5-2)36-16-24-42(25-17-36)23-11-28-46(43,44)45)31-38(35-14-20-40-21-15-35)29-32(3)34-12-8-7-9-13-34/h1,7-9,12-21,24-27,32-33,38-39H,4-6,10-11,22-23,28-31H2,2-3H3/q+1/p+1. The molecule has 0 saturated carbocycles. The Balaban J connectivity index is 1.59. The van der Waals surface area contributed by atoms with E-state index < -0.39 is 10.1 Å². The maximum Gasteiger partial charge on any atom is 0.265 e. The Bertz CT molecular complexity index is 1530. The molecule has 0 fully saturated rings. The van der Waals surface area contributed by atoms with Crippen LogP contribution in [0.25, 0.3) is 0 Å². The van der Waals surface area contributed by atoms with Gasteiger partial charge in [0.1, 0.15) is 13.1 Å². The molecule has 0 saturated heterocycles. The summed E-state index contributed by atoms with van der Waals surface area (Å²) < 4.78 is 35.6. The third-order valence-corrected chi connectivity index (χ3v) is 10.1. The maximum atomic E-state index is 11.1. The molecule has 4 rings (SSSR count). The van der Waals surface area contributed by atoms with Crippen LogP contribution in [-0.4, -0.2) is 23.7 Å². The van der Waals surface area contributed by atoms with Crippen LogP contribution < -0.4 is 9.13 Å². The molecule has 244 valence electrons. The average Bonchev–Trinajstić information content (AvgIpc) is 3.07. The van der Waals surface area contributed by atoms with Gasteiger partial charge in [-0.1, -0.05) is 44.2 Å². The fourth-order valence-electron chi connectivity index (χ4n) is 6.59. The van der Waals surface area contributed by atoms with Gasteiger partial charge >= 0.3 is 0 Å². The topological polar surface area (TPSA) is 75.0 Å². The summed E-state index contributed by atoms with van der Waals surface area (Å²) in [5, 5.41) is 0. The van der Waals surface area contributed by atoms with Crippen molar-refractivity contribution in [2.75, 3.05) is 5.75 Å². The van der Waals surface area contributed by atoms with Gasteiger partial charge in [-0.25, -0.2) is 9.13 Å². The molecule has 0 aliphatic rings. The molecule has 2 radical (unpaired) electrons. The molecule has 3 aromatic heterocycles. The summed E-state index contributed by atoms with van der Waals surface area (Å²) in [6.45, 7) is 11.9. The van der Waals surface area contributed by atoms with E-state index in [-0.39, 0.29) is 5.75 Å². The van der Waals surface area contributed by atoms with E-state index in [2.05, 4.69) is 103 Å². The molecular formula is C39H51N3O3S+2. The van der Waals surface area contributed by atoms with E-state index in [1.165, 1.54) is 22.3 Å². The number of aromatic nitrogens is 3. The lowest BCUT2D eigenvalue weighted by Crippen LogP contribution is -2.33. The number of unbranched alkanes of at least 4 members (excludes halogenated alkanes) is 2. The third kappa shape index (κ3) is 11.4. The summed E-state index contributed by atoms with van der Waals surface area (Å²) in [6.07, 6.45) is 19.7. The third-order valence-electron chi connectivity index (χ3n) is 9.28. The Kier molecular flexibility index (Phi) is 13.9. The van der Waals surface area contributed by atoms with Crippen LogP contribution in [0.5, 0.6) is 0 Å². The monoisotopic (exact) mass is 641 g/mol. The molecule has 3 heterocycles. The van der Waals surface area contributed by atoms with Crippen LogP contribution in [0.4, 0.5) is 0 Å². The minimum Gasteiger partial charge on any atom is -0.286 e. The Hall–Kier alpha value is -3.42. The minimum absolute atomic E-state index is 0.230. The van der Waals surface area contributed by atoms with Crippen LogP contribution in [0.15, 0.2) is 104 Å². The van der Waals surface area contributed by atoms with E-state index in [4.69, 9.17) is 11.5 Å². The molecule has 4 aromatic rings. The second-order valence-electron chi connectivity index (χ2n) is 12.7. The van der Waals surface area contributed by atoms with E-state index >= 15 is 0 Å². The van der Waals surface area contributed by atoms with Crippen LogP contribution in [0.3, 0.4) is 0 Å². The maximum absolute atomic E-state index is 11.1. The number of rotatable bonds is 19. The number of benzene rings is 1. The van der Waals surface area contributed by atoms with E-state index in [1.54, 1.807) is 0 Å². The van der Waals surface area contributed by atoms with Gasteiger partial charge in [-0.15, -0.1) is 0 Å². The predicted octanol–water partition coefficient (Wildman–Crippen LogP) is 7.85. The summed E-state index contributed by atoms with van der Waals surface area (Å²) in [5.74, 6) is 1.30. The van der Waals surface area contributed by atoms with Gasteiger partial charge in [0.25, 0.3) is 10.1 Å². The van der Waals surface area contributed by atoms with Crippen LogP contribution in [0, 0.1) is 6.92 Å². The SMILES string of the molecule is [CH]CCCC[n+]1ccc(C(CC(CC)c2cc[n+](CCCS(=O)(=O)O)cc2)CC(CC(C)c2ccccc2)c2ccncc2)cc1. The van der Waals surface area contributed by atoms with Crippen molar-refractivity contribution in [1.29, 1.82) is 0 Å². The molecule has 4 unspecified atom stereocenters. The van der Waals surface area contributed by atoms with Crippen molar-refractivity contribution in [2.24, 2.45) is 0 Å². The van der Waals surface area contributed by atoms with E-state index in [9.17, 15) is 8.42 Å². The van der Waals surface area contributed by atoms with Crippen LogP contribution >= 0.6 is 0 Å². The van der Waals surface area contributed by atoms with Gasteiger partial charge in [0.2, 0.25) is 0 Å². The van der Waals surface area contributed by atoms with E-state index in [0.717, 1.165) is 51.5 Å². The molecule has 7 heteroatoms. The zero-order valence-electron chi connectivity index (χ0n) is 27.5. The first-order valence-corrected chi connectivity index (χ1v) is 18.4. The lowest BCUT2D eigenvalue weighted by atomic mass is 9.75. The van der Waals surface area contributed by atoms with Gasteiger partial charge in [0, 0.05) is 49.5 Å². The number of hydrogen-bond acceptors (Lipinski definition) is 3. The molecular weight excluding hydrogens is 591 g/mol. The Morgan fingerprint density at radius 3 is 1.78 bits per heavy atom. The quantitative estimate of drug-likeness (QED) is 0.0643. The number of aryl methyl sites for hydroxylation is 2. The average molecular weight is 642 g/mol.